The van der Waals surface area contributed by atoms with E-state index in [0.29, 0.717) is 6.61 Å². The van der Waals surface area contributed by atoms with Crippen LogP contribution in [0.25, 0.3) is 0 Å². The van der Waals surface area contributed by atoms with Gasteiger partial charge in [-0.05, 0) is 51.0 Å². The van der Waals surface area contributed by atoms with Gasteiger partial charge in [-0.2, -0.15) is 0 Å². The van der Waals surface area contributed by atoms with Gasteiger partial charge in [0.05, 0.1) is 6.61 Å². The van der Waals surface area contributed by atoms with Crippen LogP contribution in [-0.2, 0) is 12.0 Å². The molecule has 2 aromatic carbocycles. The molecule has 0 spiro atoms. The van der Waals surface area contributed by atoms with E-state index in [0.717, 1.165) is 34.8 Å². The summed E-state index contributed by atoms with van der Waals surface area (Å²) in [5.74, 6) is 2.33. The van der Waals surface area contributed by atoms with Gasteiger partial charge in [-0.15, -0.1) is 0 Å². The molecule has 0 aliphatic carbocycles. The molecule has 0 amide bonds. The number of hydrogen-bond acceptors (Lipinski definition) is 3. The van der Waals surface area contributed by atoms with Crippen LogP contribution in [0.2, 0.25) is 0 Å². The Hall–Kier alpha value is -2.00. The lowest BCUT2D eigenvalue weighted by atomic mass is 9.89. The Morgan fingerprint density at radius 3 is 2.23 bits per heavy atom. The number of ether oxygens (including phenoxy) is 2. The molecule has 0 saturated heterocycles. The molecule has 0 heterocycles. The van der Waals surface area contributed by atoms with E-state index < -0.39 is 5.54 Å². The molecular weight excluding hydrogens is 274 g/mol. The summed E-state index contributed by atoms with van der Waals surface area (Å²) in [7, 11) is 0. The van der Waals surface area contributed by atoms with E-state index in [1.165, 1.54) is 0 Å². The minimum absolute atomic E-state index is 0.414. The lowest BCUT2D eigenvalue weighted by Crippen LogP contribution is -2.30. The number of nitrogens with two attached hydrogens (primary N) is 1. The summed E-state index contributed by atoms with van der Waals surface area (Å²) in [6, 6.07) is 13.7. The van der Waals surface area contributed by atoms with Crippen LogP contribution in [0.3, 0.4) is 0 Å². The predicted molar refractivity (Wildman–Crippen MR) is 90.7 cm³/mol. The van der Waals surface area contributed by atoms with E-state index >= 15 is 0 Å². The van der Waals surface area contributed by atoms with Gasteiger partial charge in [-0.25, -0.2) is 0 Å². The van der Waals surface area contributed by atoms with Gasteiger partial charge in [0.15, 0.2) is 11.5 Å². The normalized spacial score (nSPS) is 11.3. The lowest BCUT2D eigenvalue weighted by molar-refractivity contribution is 0.316. The molecule has 0 fully saturated rings. The third kappa shape index (κ3) is 3.60. The van der Waals surface area contributed by atoms with Crippen LogP contribution < -0.4 is 15.2 Å². The molecule has 0 aromatic heterocycles. The molecule has 22 heavy (non-hydrogen) atoms. The van der Waals surface area contributed by atoms with Crippen molar-refractivity contribution in [3.63, 3.8) is 0 Å². The summed E-state index contributed by atoms with van der Waals surface area (Å²) in [6.07, 6.45) is 0.845. The van der Waals surface area contributed by atoms with Crippen LogP contribution in [-0.4, -0.2) is 6.61 Å². The number of para-hydroxylation sites is 1. The molecule has 0 atom stereocenters. The summed E-state index contributed by atoms with van der Waals surface area (Å²) in [6.45, 7) is 8.70. The fourth-order valence-corrected chi connectivity index (χ4v) is 2.56. The largest absolute Gasteiger partial charge is 0.490 e. The number of benzene rings is 2. The van der Waals surface area contributed by atoms with Crippen molar-refractivity contribution in [3.8, 4) is 17.2 Å². The van der Waals surface area contributed by atoms with Gasteiger partial charge in [-0.1, -0.05) is 31.2 Å². The Morgan fingerprint density at radius 2 is 1.68 bits per heavy atom. The molecule has 118 valence electrons. The predicted octanol–water partition coefficient (Wildman–Crippen LogP) is 4.63. The highest BCUT2D eigenvalue weighted by Crippen LogP contribution is 2.39. The smallest absolute Gasteiger partial charge is 0.169 e. The van der Waals surface area contributed by atoms with Crippen molar-refractivity contribution in [2.24, 2.45) is 5.73 Å². The fraction of sp³-hybridized carbons (Fsp3) is 0.368. The second-order valence-corrected chi connectivity index (χ2v) is 5.84. The third-order valence-corrected chi connectivity index (χ3v) is 3.53. The molecular formula is C19H25NO2. The number of hydrogen-bond donors (Lipinski definition) is 1. The fourth-order valence-electron chi connectivity index (χ4n) is 2.56. The first-order chi connectivity index (χ1) is 10.5. The molecule has 0 aliphatic heterocycles. The van der Waals surface area contributed by atoms with Crippen LogP contribution in [0.4, 0.5) is 0 Å². The monoisotopic (exact) mass is 299 g/mol. The lowest BCUT2D eigenvalue weighted by Gasteiger charge is -2.25. The zero-order chi connectivity index (χ0) is 16.2. The van der Waals surface area contributed by atoms with Gasteiger partial charge >= 0.3 is 0 Å². The summed E-state index contributed by atoms with van der Waals surface area (Å²) >= 11 is 0. The molecule has 3 heteroatoms. The average molecular weight is 299 g/mol. The van der Waals surface area contributed by atoms with Crippen molar-refractivity contribution in [1.29, 1.82) is 0 Å². The van der Waals surface area contributed by atoms with E-state index in [1.54, 1.807) is 0 Å². The maximum Gasteiger partial charge on any atom is 0.169 e. The van der Waals surface area contributed by atoms with Gasteiger partial charge in [0.1, 0.15) is 5.75 Å². The first-order valence-corrected chi connectivity index (χ1v) is 7.78. The molecule has 2 aromatic rings. The van der Waals surface area contributed by atoms with Gasteiger partial charge in [0.25, 0.3) is 0 Å². The molecule has 2 N–H and O–H groups in total. The Morgan fingerprint density at radius 1 is 1.00 bits per heavy atom. The van der Waals surface area contributed by atoms with E-state index in [9.17, 15) is 0 Å². The van der Waals surface area contributed by atoms with Crippen molar-refractivity contribution in [2.75, 3.05) is 6.61 Å². The first-order valence-electron chi connectivity index (χ1n) is 7.78. The Bertz CT molecular complexity index is 615. The highest BCUT2D eigenvalue weighted by molar-refractivity contribution is 5.54. The molecule has 2 rings (SSSR count). The van der Waals surface area contributed by atoms with Gasteiger partial charge < -0.3 is 15.2 Å². The highest BCUT2D eigenvalue weighted by atomic mass is 16.5. The van der Waals surface area contributed by atoms with Crippen LogP contribution in [0.15, 0.2) is 42.5 Å². The van der Waals surface area contributed by atoms with Crippen LogP contribution in [0.1, 0.15) is 38.8 Å². The average Bonchev–Trinajstić information content (AvgIpc) is 2.48. The molecule has 0 radical (unpaired) electrons. The third-order valence-electron chi connectivity index (χ3n) is 3.53. The van der Waals surface area contributed by atoms with Crippen molar-refractivity contribution in [2.45, 2.75) is 39.7 Å². The minimum Gasteiger partial charge on any atom is -0.490 e. The molecule has 0 saturated carbocycles. The Labute approximate surface area is 133 Å². The van der Waals surface area contributed by atoms with Gasteiger partial charge in [-0.3, -0.25) is 0 Å². The van der Waals surface area contributed by atoms with Gasteiger partial charge in [0.2, 0.25) is 0 Å². The standard InChI is InChI=1S/C19H25NO2/c1-5-15-16(19(3,4)20)12-13-17(18(15)21-6-2)22-14-10-8-7-9-11-14/h7-13H,5-6,20H2,1-4H3. The maximum absolute atomic E-state index is 6.30. The van der Waals surface area contributed by atoms with Crippen LogP contribution >= 0.6 is 0 Å². The Balaban J connectivity index is 2.50. The van der Waals surface area contributed by atoms with Crippen LogP contribution in [0, 0.1) is 0 Å². The van der Waals surface area contributed by atoms with E-state index in [4.69, 9.17) is 15.2 Å². The summed E-state index contributed by atoms with van der Waals surface area (Å²) in [5, 5.41) is 0. The minimum atomic E-state index is -0.414. The highest BCUT2D eigenvalue weighted by Gasteiger charge is 2.23. The van der Waals surface area contributed by atoms with Crippen LogP contribution in [0.5, 0.6) is 17.2 Å². The van der Waals surface area contributed by atoms with Crippen molar-refractivity contribution < 1.29 is 9.47 Å². The zero-order valence-electron chi connectivity index (χ0n) is 13.8. The molecule has 0 unspecified atom stereocenters. The zero-order valence-corrected chi connectivity index (χ0v) is 13.8. The second-order valence-electron chi connectivity index (χ2n) is 5.84. The summed E-state index contributed by atoms with van der Waals surface area (Å²) < 4.78 is 11.9. The summed E-state index contributed by atoms with van der Waals surface area (Å²) in [4.78, 5) is 0. The quantitative estimate of drug-likeness (QED) is 0.845. The second kappa shape index (κ2) is 6.84. The number of rotatable bonds is 6. The van der Waals surface area contributed by atoms with Crippen molar-refractivity contribution in [3.05, 3.63) is 53.6 Å². The van der Waals surface area contributed by atoms with Crippen molar-refractivity contribution in [1.82, 2.24) is 0 Å². The van der Waals surface area contributed by atoms with Crippen molar-refractivity contribution >= 4 is 0 Å². The topological polar surface area (TPSA) is 44.5 Å². The van der Waals surface area contributed by atoms with Gasteiger partial charge in [0, 0.05) is 11.1 Å². The van der Waals surface area contributed by atoms with E-state index in [-0.39, 0.29) is 0 Å². The molecule has 0 aliphatic rings. The first kappa shape index (κ1) is 16.4. The SMILES string of the molecule is CCOc1c(Oc2ccccc2)ccc(C(C)(C)N)c1CC. The Kier molecular flexibility index (Phi) is 5.09. The van der Waals surface area contributed by atoms with E-state index in [2.05, 4.69) is 6.92 Å². The maximum atomic E-state index is 6.30. The summed E-state index contributed by atoms with van der Waals surface area (Å²) in [5.41, 5.74) is 8.10. The molecule has 3 nitrogen and oxygen atoms in total. The molecule has 0 bridgehead atoms. The van der Waals surface area contributed by atoms with E-state index in [1.807, 2.05) is 63.2 Å².